The van der Waals surface area contributed by atoms with Gasteiger partial charge in [-0.1, -0.05) is 0 Å². The minimum atomic E-state index is -0.501. The van der Waals surface area contributed by atoms with E-state index >= 15 is 0 Å². The molecule has 5 rings (SSSR count). The number of halogens is 1. The van der Waals surface area contributed by atoms with Gasteiger partial charge in [-0.25, -0.2) is 9.29 Å². The van der Waals surface area contributed by atoms with E-state index in [1.54, 1.807) is 24.5 Å². The summed E-state index contributed by atoms with van der Waals surface area (Å²) in [7, 11) is 0. The van der Waals surface area contributed by atoms with Gasteiger partial charge in [-0.15, -0.1) is 0 Å². The molecular formula is C26H23FN4O3. The maximum atomic E-state index is 13.2. The molecule has 3 heterocycles. The average Bonchev–Trinajstić information content (AvgIpc) is 3.18. The van der Waals surface area contributed by atoms with E-state index in [1.165, 1.54) is 24.3 Å². The number of carbonyl (C=O) groups is 3. The Kier molecular flexibility index (Phi) is 5.90. The molecule has 2 aromatic carbocycles. The molecule has 0 aliphatic carbocycles. The topological polar surface area (TPSA) is 73.8 Å². The van der Waals surface area contributed by atoms with Gasteiger partial charge in [-0.2, -0.15) is 0 Å². The Bertz CT molecular complexity index is 1210. The summed E-state index contributed by atoms with van der Waals surface area (Å²) in [5.41, 5.74) is 2.56. The maximum absolute atomic E-state index is 13.2. The Morgan fingerprint density at radius 1 is 0.853 bits per heavy atom. The van der Waals surface area contributed by atoms with Gasteiger partial charge in [0, 0.05) is 55.4 Å². The number of pyridine rings is 1. The van der Waals surface area contributed by atoms with E-state index in [0.29, 0.717) is 43.0 Å². The van der Waals surface area contributed by atoms with Crippen molar-refractivity contribution in [2.45, 2.75) is 12.5 Å². The maximum Gasteiger partial charge on any atom is 0.251 e. The zero-order chi connectivity index (χ0) is 23.7. The molecule has 0 N–H and O–H groups in total. The third-order valence-electron chi connectivity index (χ3n) is 6.38. The third-order valence-corrected chi connectivity index (χ3v) is 6.38. The molecule has 1 atom stereocenters. The Morgan fingerprint density at radius 3 is 2.18 bits per heavy atom. The quantitative estimate of drug-likeness (QED) is 0.433. The largest absolute Gasteiger partial charge is 0.369 e. The molecule has 1 aromatic heterocycles. The second-order valence-electron chi connectivity index (χ2n) is 8.40. The molecule has 0 radical (unpaired) electrons. The fraction of sp³-hybridized carbons (Fsp3) is 0.231. The van der Waals surface area contributed by atoms with Crippen molar-refractivity contribution in [3.63, 3.8) is 0 Å². The first-order chi connectivity index (χ1) is 16.5. The fourth-order valence-corrected chi connectivity index (χ4v) is 4.54. The van der Waals surface area contributed by atoms with Gasteiger partial charge in [0.15, 0.2) is 5.78 Å². The summed E-state index contributed by atoms with van der Waals surface area (Å²) < 4.78 is 13.2. The molecule has 0 saturated carbocycles. The number of anilines is 2. The molecule has 2 amide bonds. The highest BCUT2D eigenvalue weighted by atomic mass is 19.1. The number of carbonyl (C=O) groups excluding carboxylic acids is 3. The number of nitrogens with zero attached hydrogens (tertiary/aromatic N) is 4. The lowest BCUT2D eigenvalue weighted by molar-refractivity contribution is -0.123. The second-order valence-corrected chi connectivity index (χ2v) is 8.40. The van der Waals surface area contributed by atoms with Crippen LogP contribution in [0.4, 0.5) is 15.8 Å². The van der Waals surface area contributed by atoms with Gasteiger partial charge in [0.2, 0.25) is 5.91 Å². The van der Waals surface area contributed by atoms with Gasteiger partial charge in [0.25, 0.3) is 5.91 Å². The van der Waals surface area contributed by atoms with Crippen LogP contribution in [0.5, 0.6) is 0 Å². The smallest absolute Gasteiger partial charge is 0.251 e. The lowest BCUT2D eigenvalue weighted by Crippen LogP contribution is -2.52. The van der Waals surface area contributed by atoms with Crippen molar-refractivity contribution in [1.29, 1.82) is 0 Å². The van der Waals surface area contributed by atoms with Crippen LogP contribution in [-0.2, 0) is 9.59 Å². The van der Waals surface area contributed by atoms with Crippen molar-refractivity contribution in [3.05, 3.63) is 90.0 Å². The highest BCUT2D eigenvalue weighted by Gasteiger charge is 2.43. The Hall–Kier alpha value is -3.91. The van der Waals surface area contributed by atoms with Gasteiger partial charge in [-0.3, -0.25) is 24.3 Å². The standard InChI is InChI=1S/C26H23FN4O3/c27-20-5-9-22(10-6-20)31-24(32)16-23(26(31)34)30-14-12-29(13-15-30)21-7-3-18(4-8-21)25(33)19-2-1-11-28-17-19/h1-11,17,23H,12-16H2/t23-/m1/s1. The number of amides is 2. The molecule has 2 fully saturated rings. The van der Waals surface area contributed by atoms with Crippen molar-refractivity contribution < 1.29 is 18.8 Å². The first-order valence-corrected chi connectivity index (χ1v) is 11.2. The number of imide groups is 1. The number of rotatable bonds is 5. The average molecular weight is 458 g/mol. The minimum Gasteiger partial charge on any atom is -0.369 e. The molecule has 8 heteroatoms. The van der Waals surface area contributed by atoms with Gasteiger partial charge >= 0.3 is 0 Å². The number of aromatic nitrogens is 1. The monoisotopic (exact) mass is 458 g/mol. The van der Waals surface area contributed by atoms with Crippen LogP contribution < -0.4 is 9.80 Å². The van der Waals surface area contributed by atoms with Crippen LogP contribution >= 0.6 is 0 Å². The predicted octanol–water partition coefficient (Wildman–Crippen LogP) is 2.91. The van der Waals surface area contributed by atoms with Crippen molar-refractivity contribution in [1.82, 2.24) is 9.88 Å². The van der Waals surface area contributed by atoms with Gasteiger partial charge in [0.05, 0.1) is 18.2 Å². The number of piperazine rings is 1. The lowest BCUT2D eigenvalue weighted by Gasteiger charge is -2.38. The number of hydrogen-bond acceptors (Lipinski definition) is 6. The minimum absolute atomic E-state index is 0.0698. The van der Waals surface area contributed by atoms with Crippen molar-refractivity contribution >= 4 is 29.0 Å². The Labute approximate surface area is 196 Å². The Balaban J connectivity index is 1.21. The molecule has 34 heavy (non-hydrogen) atoms. The van der Waals surface area contributed by atoms with Crippen molar-refractivity contribution in [2.75, 3.05) is 36.0 Å². The van der Waals surface area contributed by atoms with Crippen LogP contribution in [0.1, 0.15) is 22.3 Å². The number of ketones is 1. The Morgan fingerprint density at radius 2 is 1.53 bits per heavy atom. The van der Waals surface area contributed by atoms with Crippen molar-refractivity contribution in [3.8, 4) is 0 Å². The number of hydrogen-bond donors (Lipinski definition) is 0. The summed E-state index contributed by atoms with van der Waals surface area (Å²) in [4.78, 5) is 47.5. The highest BCUT2D eigenvalue weighted by molar-refractivity contribution is 6.22. The molecule has 2 saturated heterocycles. The fourth-order valence-electron chi connectivity index (χ4n) is 4.54. The normalized spacial score (nSPS) is 19.0. The third kappa shape index (κ3) is 4.20. The van der Waals surface area contributed by atoms with E-state index < -0.39 is 11.9 Å². The van der Waals surface area contributed by atoms with Gasteiger partial charge in [-0.05, 0) is 60.7 Å². The summed E-state index contributed by atoms with van der Waals surface area (Å²) in [5.74, 6) is -1.01. The van der Waals surface area contributed by atoms with Crippen LogP contribution in [0.15, 0.2) is 73.1 Å². The summed E-state index contributed by atoms with van der Waals surface area (Å²) >= 11 is 0. The van der Waals surface area contributed by atoms with Crippen LogP contribution in [0.2, 0.25) is 0 Å². The predicted molar refractivity (Wildman–Crippen MR) is 125 cm³/mol. The molecule has 2 aliphatic rings. The molecule has 3 aromatic rings. The van der Waals surface area contributed by atoms with E-state index in [1.807, 2.05) is 29.2 Å². The molecule has 7 nitrogen and oxygen atoms in total. The zero-order valence-electron chi connectivity index (χ0n) is 18.4. The van der Waals surface area contributed by atoms with Crippen LogP contribution in [-0.4, -0.2) is 59.7 Å². The molecule has 0 bridgehead atoms. The summed E-state index contributed by atoms with van der Waals surface area (Å²) in [6, 6.07) is 15.9. The number of benzene rings is 2. The van der Waals surface area contributed by atoms with E-state index in [9.17, 15) is 18.8 Å². The van der Waals surface area contributed by atoms with E-state index in [0.717, 1.165) is 10.6 Å². The molecular weight excluding hydrogens is 435 g/mol. The summed E-state index contributed by atoms with van der Waals surface area (Å²) in [6.07, 6.45) is 3.32. The summed E-state index contributed by atoms with van der Waals surface area (Å²) in [5, 5.41) is 0. The molecule has 0 unspecified atom stereocenters. The van der Waals surface area contributed by atoms with Crippen molar-refractivity contribution in [2.24, 2.45) is 0 Å². The zero-order valence-corrected chi connectivity index (χ0v) is 18.4. The summed E-state index contributed by atoms with van der Waals surface area (Å²) in [6.45, 7) is 2.67. The van der Waals surface area contributed by atoms with E-state index in [-0.39, 0.29) is 24.0 Å². The van der Waals surface area contributed by atoms with Crippen LogP contribution in [0, 0.1) is 5.82 Å². The van der Waals surface area contributed by atoms with Crippen LogP contribution in [0.25, 0.3) is 0 Å². The molecule has 172 valence electrons. The molecule has 0 spiro atoms. The van der Waals surface area contributed by atoms with Crippen LogP contribution in [0.3, 0.4) is 0 Å². The lowest BCUT2D eigenvalue weighted by atomic mass is 10.0. The van der Waals surface area contributed by atoms with Gasteiger partial charge in [0.1, 0.15) is 5.82 Å². The van der Waals surface area contributed by atoms with Gasteiger partial charge < -0.3 is 4.90 Å². The van der Waals surface area contributed by atoms with E-state index in [2.05, 4.69) is 9.88 Å². The molecule has 2 aliphatic heterocycles. The first-order valence-electron chi connectivity index (χ1n) is 11.2. The first kappa shape index (κ1) is 21.9. The van der Waals surface area contributed by atoms with E-state index in [4.69, 9.17) is 0 Å². The SMILES string of the molecule is O=C(c1ccc(N2CCN([C@@H]3CC(=O)N(c4ccc(F)cc4)C3=O)CC2)cc1)c1cccnc1. The second kappa shape index (κ2) is 9.15. The highest BCUT2D eigenvalue weighted by Crippen LogP contribution is 2.27.